The highest BCUT2D eigenvalue weighted by Crippen LogP contribution is 2.46. The Morgan fingerprint density at radius 3 is 2.25 bits per heavy atom. The number of rotatable bonds is 5. The zero-order valence-corrected chi connectivity index (χ0v) is 25.9. The Bertz CT molecular complexity index is 1400. The van der Waals surface area contributed by atoms with E-state index in [9.17, 15) is 27.6 Å². The summed E-state index contributed by atoms with van der Waals surface area (Å²) in [7, 11) is 0. The van der Waals surface area contributed by atoms with Gasteiger partial charge in [-0.1, -0.05) is 18.9 Å². The number of nitrogens with zero attached hydrogens (tertiary/aromatic N) is 4. The summed E-state index contributed by atoms with van der Waals surface area (Å²) in [5.41, 5.74) is -1.63. The van der Waals surface area contributed by atoms with E-state index in [-0.39, 0.29) is 17.4 Å². The van der Waals surface area contributed by atoms with Gasteiger partial charge in [0.25, 0.3) is 0 Å². The molecule has 0 radical (unpaired) electrons. The standard InChI is InChI=1S/C32H42F3N5O4/c1-22(41)36-26-7-13-40(37-26)28(43)39-15-11-30(12-16-39)10-14-38(21-30)20-23-17-24(19-25(18-23)32(33,34)35)31(8-5-6-9-31)27(42)44-29(2,3)4/h7,13,17-19H,5-6,8-12,14-16,20-21H2,1-4H3,(H,36,37,41). The van der Waals surface area contributed by atoms with Gasteiger partial charge in [-0.25, -0.2) is 4.79 Å². The zero-order chi connectivity index (χ0) is 31.9. The van der Waals surface area contributed by atoms with Gasteiger partial charge in [0.1, 0.15) is 5.60 Å². The minimum absolute atomic E-state index is 0.0180. The highest BCUT2D eigenvalue weighted by Gasteiger charge is 2.47. The molecule has 0 unspecified atom stereocenters. The van der Waals surface area contributed by atoms with Crippen molar-refractivity contribution in [1.29, 1.82) is 0 Å². The lowest BCUT2D eigenvalue weighted by molar-refractivity contribution is -0.162. The van der Waals surface area contributed by atoms with Crippen molar-refractivity contribution in [2.75, 3.05) is 31.5 Å². The summed E-state index contributed by atoms with van der Waals surface area (Å²) in [5, 5.41) is 6.70. The van der Waals surface area contributed by atoms with Gasteiger partial charge < -0.3 is 15.0 Å². The summed E-state index contributed by atoms with van der Waals surface area (Å²) in [6.45, 7) is 9.62. The van der Waals surface area contributed by atoms with Gasteiger partial charge in [0.15, 0.2) is 5.82 Å². The van der Waals surface area contributed by atoms with Crippen molar-refractivity contribution in [3.63, 3.8) is 0 Å². The van der Waals surface area contributed by atoms with Crippen LogP contribution in [-0.2, 0) is 32.5 Å². The van der Waals surface area contributed by atoms with Crippen LogP contribution in [0.15, 0.2) is 30.5 Å². The lowest BCUT2D eigenvalue weighted by Crippen LogP contribution is -2.45. The first kappa shape index (κ1) is 32.0. The number of benzene rings is 1. The Balaban J connectivity index is 1.28. The monoisotopic (exact) mass is 617 g/mol. The van der Waals surface area contributed by atoms with Gasteiger partial charge in [-0.3, -0.25) is 14.5 Å². The van der Waals surface area contributed by atoms with E-state index in [1.807, 2.05) is 0 Å². The lowest BCUT2D eigenvalue weighted by atomic mass is 9.77. The first-order chi connectivity index (χ1) is 20.6. The Kier molecular flexibility index (Phi) is 8.60. The van der Waals surface area contributed by atoms with E-state index < -0.39 is 28.7 Å². The number of carbonyl (C=O) groups is 3. The molecular formula is C32H42F3N5O4. The number of amides is 2. The fourth-order valence-corrected chi connectivity index (χ4v) is 7.01. The fourth-order valence-electron chi connectivity index (χ4n) is 7.01. The number of hydrogen-bond donors (Lipinski definition) is 1. The Morgan fingerprint density at radius 2 is 1.64 bits per heavy atom. The third-order valence-electron chi connectivity index (χ3n) is 9.23. The molecule has 1 aliphatic carbocycles. The van der Waals surface area contributed by atoms with Crippen molar-refractivity contribution in [3.8, 4) is 0 Å². The summed E-state index contributed by atoms with van der Waals surface area (Å²) < 4.78 is 49.3. The highest BCUT2D eigenvalue weighted by atomic mass is 19.4. The minimum Gasteiger partial charge on any atom is -0.459 e. The number of hydrogen-bond acceptors (Lipinski definition) is 6. The molecule has 5 rings (SSSR count). The van der Waals surface area contributed by atoms with Crippen molar-refractivity contribution in [2.24, 2.45) is 5.41 Å². The van der Waals surface area contributed by atoms with Crippen molar-refractivity contribution in [2.45, 2.75) is 96.4 Å². The number of halogens is 3. The van der Waals surface area contributed by atoms with Crippen molar-refractivity contribution >= 4 is 23.7 Å². The second-order valence-corrected chi connectivity index (χ2v) is 13.8. The minimum atomic E-state index is -4.54. The molecule has 1 aromatic heterocycles. The van der Waals surface area contributed by atoms with Crippen LogP contribution in [0.4, 0.5) is 23.8 Å². The van der Waals surface area contributed by atoms with E-state index >= 15 is 0 Å². The molecule has 0 atom stereocenters. The number of likely N-dealkylation sites (tertiary alicyclic amines) is 2. The number of carbonyl (C=O) groups excluding carboxylic acids is 3. The quantitative estimate of drug-likeness (QED) is 0.416. The average Bonchev–Trinajstić information content (AvgIpc) is 3.68. The molecule has 0 bridgehead atoms. The molecule has 1 spiro atoms. The topological polar surface area (TPSA) is 96.8 Å². The van der Waals surface area contributed by atoms with E-state index in [4.69, 9.17) is 4.74 Å². The van der Waals surface area contributed by atoms with Gasteiger partial charge in [-0.2, -0.15) is 17.9 Å². The van der Waals surface area contributed by atoms with E-state index in [0.29, 0.717) is 49.4 Å². The maximum atomic E-state index is 14.1. The van der Waals surface area contributed by atoms with Crippen LogP contribution >= 0.6 is 0 Å². The maximum absolute atomic E-state index is 14.1. The molecule has 1 saturated carbocycles. The second-order valence-electron chi connectivity index (χ2n) is 13.8. The summed E-state index contributed by atoms with van der Waals surface area (Å²) in [4.78, 5) is 41.7. The number of piperidine rings is 1. The summed E-state index contributed by atoms with van der Waals surface area (Å²) >= 11 is 0. The molecule has 1 N–H and O–H groups in total. The zero-order valence-electron chi connectivity index (χ0n) is 25.9. The van der Waals surface area contributed by atoms with Crippen molar-refractivity contribution in [1.82, 2.24) is 19.6 Å². The van der Waals surface area contributed by atoms with E-state index in [2.05, 4.69) is 15.3 Å². The van der Waals surface area contributed by atoms with Gasteiger partial charge in [0.05, 0.1) is 11.0 Å². The molecule has 2 saturated heterocycles. The average molecular weight is 618 g/mol. The van der Waals surface area contributed by atoms with Crippen molar-refractivity contribution in [3.05, 3.63) is 47.2 Å². The highest BCUT2D eigenvalue weighted by molar-refractivity contribution is 5.88. The number of aromatic nitrogens is 2. The van der Waals surface area contributed by atoms with Crippen LogP contribution in [0.1, 0.15) is 89.3 Å². The van der Waals surface area contributed by atoms with Gasteiger partial charge in [-0.15, -0.1) is 5.10 Å². The fraction of sp³-hybridized carbons (Fsp3) is 0.625. The molecule has 44 heavy (non-hydrogen) atoms. The molecule has 9 nitrogen and oxygen atoms in total. The largest absolute Gasteiger partial charge is 0.459 e. The molecule has 2 aromatic rings. The Morgan fingerprint density at radius 1 is 0.977 bits per heavy atom. The Hall–Kier alpha value is -3.41. The number of esters is 1. The third kappa shape index (κ3) is 6.95. The smallest absolute Gasteiger partial charge is 0.416 e. The summed E-state index contributed by atoms with van der Waals surface area (Å²) in [6, 6.07) is 5.47. The predicted molar refractivity (Wildman–Crippen MR) is 158 cm³/mol. The van der Waals surface area contributed by atoms with Gasteiger partial charge in [0, 0.05) is 45.4 Å². The van der Waals surface area contributed by atoms with Gasteiger partial charge >= 0.3 is 18.2 Å². The van der Waals surface area contributed by atoms with Gasteiger partial charge in [0.2, 0.25) is 5.91 Å². The molecule has 3 heterocycles. The predicted octanol–water partition coefficient (Wildman–Crippen LogP) is 5.97. The number of nitrogens with one attached hydrogen (secondary N) is 1. The molecule has 2 amide bonds. The number of anilines is 1. The molecule has 1 aromatic carbocycles. The molecule has 3 aliphatic rings. The van der Waals surface area contributed by atoms with E-state index in [1.54, 1.807) is 37.8 Å². The summed E-state index contributed by atoms with van der Waals surface area (Å²) in [6.07, 6.45) is 1.91. The first-order valence-electron chi connectivity index (χ1n) is 15.4. The molecule has 2 aliphatic heterocycles. The Labute approximate surface area is 256 Å². The summed E-state index contributed by atoms with van der Waals surface area (Å²) in [5.74, 6) is -0.403. The van der Waals surface area contributed by atoms with E-state index in [0.717, 1.165) is 51.3 Å². The van der Waals surface area contributed by atoms with Crippen LogP contribution in [0.3, 0.4) is 0 Å². The van der Waals surface area contributed by atoms with Crippen molar-refractivity contribution < 1.29 is 32.3 Å². The van der Waals surface area contributed by atoms with Crippen LogP contribution in [0.2, 0.25) is 0 Å². The second kappa shape index (κ2) is 11.8. The normalized spacial score (nSPS) is 20.2. The van der Waals surface area contributed by atoms with Gasteiger partial charge in [-0.05, 0) is 88.1 Å². The van der Waals surface area contributed by atoms with Crippen LogP contribution in [0.5, 0.6) is 0 Å². The SMILES string of the molecule is CC(=O)Nc1ccn(C(=O)N2CCC3(CCN(Cc4cc(C(F)(F)F)cc(C5(C(=O)OC(C)(C)C)CCCC5)c4)C3)CC2)n1. The first-order valence-corrected chi connectivity index (χ1v) is 15.4. The third-order valence-corrected chi connectivity index (χ3v) is 9.23. The molecule has 3 fully saturated rings. The molecule has 12 heteroatoms. The molecule has 240 valence electrons. The van der Waals surface area contributed by atoms with Crippen LogP contribution in [0.25, 0.3) is 0 Å². The number of ether oxygens (including phenoxy) is 1. The van der Waals surface area contributed by atoms with Crippen LogP contribution in [0, 0.1) is 5.41 Å². The maximum Gasteiger partial charge on any atom is 0.416 e. The molecular weight excluding hydrogens is 575 g/mol. The van der Waals surface area contributed by atoms with E-state index in [1.165, 1.54) is 23.9 Å². The van der Waals surface area contributed by atoms with Crippen LogP contribution in [-0.4, -0.2) is 69.3 Å². The number of alkyl halides is 3. The van der Waals surface area contributed by atoms with Crippen LogP contribution < -0.4 is 5.32 Å². The lowest BCUT2D eigenvalue weighted by Gasteiger charge is -2.39.